The van der Waals surface area contributed by atoms with Gasteiger partial charge >= 0.3 is 6.03 Å². The monoisotopic (exact) mass is 330 g/mol. The number of benzene rings is 1. The molecule has 1 fully saturated rings. The van der Waals surface area contributed by atoms with Crippen molar-refractivity contribution in [1.82, 2.24) is 15.1 Å². The predicted molar refractivity (Wildman–Crippen MR) is 89.5 cm³/mol. The van der Waals surface area contributed by atoms with Crippen molar-refractivity contribution in [1.29, 1.82) is 0 Å². The fourth-order valence-electron chi connectivity index (χ4n) is 2.90. The molecule has 7 nitrogen and oxygen atoms in total. The lowest BCUT2D eigenvalue weighted by atomic mass is 9.92. The Morgan fingerprint density at radius 3 is 2.50 bits per heavy atom. The van der Waals surface area contributed by atoms with E-state index < -0.39 is 0 Å². The lowest BCUT2D eigenvalue weighted by Crippen LogP contribution is -2.42. The number of hydrogen-bond acceptors (Lipinski definition) is 5. The first-order valence-electron chi connectivity index (χ1n) is 8.17. The van der Waals surface area contributed by atoms with Crippen LogP contribution < -0.4 is 5.32 Å². The third-order valence-corrected chi connectivity index (χ3v) is 4.42. The molecular weight excluding hydrogens is 308 g/mol. The van der Waals surface area contributed by atoms with Gasteiger partial charge < -0.3 is 19.7 Å². The number of aliphatic hydroxyl groups excluding tert-OH is 1. The molecule has 0 aliphatic carbocycles. The molecule has 1 aromatic carbocycles. The summed E-state index contributed by atoms with van der Waals surface area (Å²) >= 11 is 0. The van der Waals surface area contributed by atoms with Gasteiger partial charge in [0.05, 0.1) is 6.10 Å². The Labute approximate surface area is 140 Å². The summed E-state index contributed by atoms with van der Waals surface area (Å²) in [7, 11) is 0. The number of aryl methyl sites for hydroxylation is 1. The SMILES string of the molecule is Cc1nnc(-c2ccc(NC(=O)N3CCC(C(C)O)CC3)cc2)o1. The highest BCUT2D eigenvalue weighted by Gasteiger charge is 2.25. The Hall–Kier alpha value is -2.41. The van der Waals surface area contributed by atoms with Crippen LogP contribution in [0.25, 0.3) is 11.5 Å². The van der Waals surface area contributed by atoms with Crippen LogP contribution in [0.4, 0.5) is 10.5 Å². The predicted octanol–water partition coefficient (Wildman–Crippen LogP) is 2.67. The molecule has 1 aromatic heterocycles. The zero-order valence-electron chi connectivity index (χ0n) is 13.9. The van der Waals surface area contributed by atoms with E-state index in [4.69, 9.17) is 4.42 Å². The molecule has 1 aliphatic rings. The molecule has 2 heterocycles. The summed E-state index contributed by atoms with van der Waals surface area (Å²) in [6.07, 6.45) is 1.36. The second kappa shape index (κ2) is 7.00. The normalized spacial score (nSPS) is 16.9. The van der Waals surface area contributed by atoms with Gasteiger partial charge in [-0.1, -0.05) is 0 Å². The molecule has 2 amide bonds. The van der Waals surface area contributed by atoms with E-state index in [2.05, 4.69) is 15.5 Å². The maximum absolute atomic E-state index is 12.3. The van der Waals surface area contributed by atoms with Crippen LogP contribution >= 0.6 is 0 Å². The van der Waals surface area contributed by atoms with E-state index >= 15 is 0 Å². The Morgan fingerprint density at radius 1 is 1.29 bits per heavy atom. The van der Waals surface area contributed by atoms with Gasteiger partial charge in [-0.15, -0.1) is 10.2 Å². The minimum Gasteiger partial charge on any atom is -0.421 e. The Bertz CT molecular complexity index is 688. The van der Waals surface area contributed by atoms with Crippen LogP contribution in [-0.4, -0.2) is 45.4 Å². The summed E-state index contributed by atoms with van der Waals surface area (Å²) in [6, 6.07) is 7.19. The highest BCUT2D eigenvalue weighted by Crippen LogP contribution is 2.23. The zero-order valence-corrected chi connectivity index (χ0v) is 13.9. The summed E-state index contributed by atoms with van der Waals surface area (Å²) in [5.74, 6) is 1.26. The van der Waals surface area contributed by atoms with Gasteiger partial charge in [-0.3, -0.25) is 0 Å². The highest BCUT2D eigenvalue weighted by atomic mass is 16.4. The van der Waals surface area contributed by atoms with Crippen molar-refractivity contribution in [3.63, 3.8) is 0 Å². The summed E-state index contributed by atoms with van der Waals surface area (Å²) in [5, 5.41) is 20.3. The lowest BCUT2D eigenvalue weighted by molar-refractivity contribution is 0.0820. The second-order valence-electron chi connectivity index (χ2n) is 6.20. The molecule has 2 N–H and O–H groups in total. The van der Waals surface area contributed by atoms with E-state index in [0.29, 0.717) is 24.9 Å². The number of nitrogens with zero attached hydrogens (tertiary/aromatic N) is 3. The number of hydrogen-bond donors (Lipinski definition) is 2. The third kappa shape index (κ3) is 3.73. The molecule has 1 unspecified atom stereocenters. The number of urea groups is 1. The van der Waals surface area contributed by atoms with Gasteiger partial charge in [0.1, 0.15) is 0 Å². The van der Waals surface area contributed by atoms with Gasteiger partial charge in [0.25, 0.3) is 0 Å². The minimum atomic E-state index is -0.309. The van der Waals surface area contributed by atoms with Crippen LogP contribution in [0.15, 0.2) is 28.7 Å². The quantitative estimate of drug-likeness (QED) is 0.903. The number of aromatic nitrogens is 2. The number of likely N-dealkylation sites (tertiary alicyclic amines) is 1. The van der Waals surface area contributed by atoms with Crippen molar-refractivity contribution in [3.8, 4) is 11.5 Å². The third-order valence-electron chi connectivity index (χ3n) is 4.42. The number of carbonyl (C=O) groups is 1. The molecule has 0 radical (unpaired) electrons. The van der Waals surface area contributed by atoms with Crippen molar-refractivity contribution >= 4 is 11.7 Å². The number of amides is 2. The summed E-state index contributed by atoms with van der Waals surface area (Å²) in [4.78, 5) is 14.1. The highest BCUT2D eigenvalue weighted by molar-refractivity contribution is 5.89. The van der Waals surface area contributed by atoms with Crippen LogP contribution in [0.1, 0.15) is 25.7 Å². The van der Waals surface area contributed by atoms with E-state index in [1.807, 2.05) is 31.2 Å². The van der Waals surface area contributed by atoms with Crippen molar-refractivity contribution in [2.45, 2.75) is 32.8 Å². The molecule has 1 saturated heterocycles. The van der Waals surface area contributed by atoms with Gasteiger partial charge in [0, 0.05) is 31.3 Å². The summed E-state index contributed by atoms with van der Waals surface area (Å²) < 4.78 is 5.38. The zero-order chi connectivity index (χ0) is 17.1. The van der Waals surface area contributed by atoms with Gasteiger partial charge in [-0.2, -0.15) is 0 Å². The van der Waals surface area contributed by atoms with Crippen LogP contribution in [0, 0.1) is 12.8 Å². The largest absolute Gasteiger partial charge is 0.421 e. The summed E-state index contributed by atoms with van der Waals surface area (Å²) in [6.45, 7) is 4.89. The van der Waals surface area contributed by atoms with Crippen molar-refractivity contribution in [2.75, 3.05) is 18.4 Å². The smallest absolute Gasteiger partial charge is 0.321 e. The molecule has 7 heteroatoms. The van der Waals surface area contributed by atoms with Gasteiger partial charge in [-0.25, -0.2) is 4.79 Å². The molecule has 3 rings (SSSR count). The molecular formula is C17H22N4O3. The van der Waals surface area contributed by atoms with Crippen LogP contribution in [-0.2, 0) is 0 Å². The van der Waals surface area contributed by atoms with E-state index in [0.717, 1.165) is 24.1 Å². The number of nitrogens with one attached hydrogen (secondary N) is 1. The molecule has 0 bridgehead atoms. The van der Waals surface area contributed by atoms with Gasteiger partial charge in [0.2, 0.25) is 11.8 Å². The van der Waals surface area contributed by atoms with Crippen LogP contribution in [0.5, 0.6) is 0 Å². The fourth-order valence-corrected chi connectivity index (χ4v) is 2.90. The Kier molecular flexibility index (Phi) is 4.80. The number of rotatable bonds is 3. The Balaban J connectivity index is 1.57. The lowest BCUT2D eigenvalue weighted by Gasteiger charge is -2.33. The topological polar surface area (TPSA) is 91.5 Å². The van der Waals surface area contributed by atoms with Crippen molar-refractivity contribution in [3.05, 3.63) is 30.2 Å². The van der Waals surface area contributed by atoms with Gasteiger partial charge in [0.15, 0.2) is 0 Å². The number of anilines is 1. The standard InChI is InChI=1S/C17H22N4O3/c1-11(22)13-7-9-21(10-8-13)17(23)18-15-5-3-14(4-6-15)16-20-19-12(2)24-16/h3-6,11,13,22H,7-10H2,1-2H3,(H,18,23). The number of carbonyl (C=O) groups excluding carboxylic acids is 1. The van der Waals surface area contributed by atoms with E-state index in [9.17, 15) is 9.90 Å². The fraction of sp³-hybridized carbons (Fsp3) is 0.471. The molecule has 0 spiro atoms. The molecule has 1 aliphatic heterocycles. The van der Waals surface area contributed by atoms with Crippen LogP contribution in [0.3, 0.4) is 0 Å². The first-order valence-corrected chi connectivity index (χ1v) is 8.17. The van der Waals surface area contributed by atoms with E-state index in [-0.39, 0.29) is 18.1 Å². The van der Waals surface area contributed by atoms with Crippen molar-refractivity contribution < 1.29 is 14.3 Å². The minimum absolute atomic E-state index is 0.111. The second-order valence-corrected chi connectivity index (χ2v) is 6.20. The molecule has 0 saturated carbocycles. The Morgan fingerprint density at radius 2 is 1.96 bits per heavy atom. The number of piperidine rings is 1. The first kappa shape index (κ1) is 16.4. The maximum atomic E-state index is 12.3. The first-order chi connectivity index (χ1) is 11.5. The summed E-state index contributed by atoms with van der Waals surface area (Å²) in [5.41, 5.74) is 1.53. The molecule has 1 atom stereocenters. The van der Waals surface area contributed by atoms with Crippen LogP contribution in [0.2, 0.25) is 0 Å². The maximum Gasteiger partial charge on any atom is 0.321 e. The average molecular weight is 330 g/mol. The molecule has 2 aromatic rings. The van der Waals surface area contributed by atoms with Crippen molar-refractivity contribution in [2.24, 2.45) is 5.92 Å². The molecule has 128 valence electrons. The van der Waals surface area contributed by atoms with Gasteiger partial charge in [-0.05, 0) is 49.9 Å². The average Bonchev–Trinajstić information content (AvgIpc) is 3.02. The van der Waals surface area contributed by atoms with E-state index in [1.165, 1.54) is 0 Å². The van der Waals surface area contributed by atoms with E-state index in [1.54, 1.807) is 11.8 Å². The number of aliphatic hydroxyl groups is 1. The molecule has 24 heavy (non-hydrogen) atoms.